The van der Waals surface area contributed by atoms with E-state index < -0.39 is 26.7 Å². The van der Waals surface area contributed by atoms with Gasteiger partial charge in [-0.05, 0) is 6.07 Å². The zero-order valence-corrected chi connectivity index (χ0v) is 10.3. The van der Waals surface area contributed by atoms with Crippen molar-refractivity contribution in [3.05, 3.63) is 36.7 Å². The molecule has 1 aromatic rings. The molecule has 0 atom stereocenters. The first kappa shape index (κ1) is 14.7. The summed E-state index contributed by atoms with van der Waals surface area (Å²) < 4.78 is 62.7. The van der Waals surface area contributed by atoms with Crippen molar-refractivity contribution in [3.63, 3.8) is 0 Å². The number of nitrogens with zero attached hydrogens (tertiary/aromatic N) is 2. The maximum atomic E-state index is 12.7. The van der Waals surface area contributed by atoms with Gasteiger partial charge in [-0.3, -0.25) is 4.98 Å². The lowest BCUT2D eigenvalue weighted by Gasteiger charge is -2.18. The van der Waals surface area contributed by atoms with Crippen molar-refractivity contribution in [2.24, 2.45) is 0 Å². The second kappa shape index (κ2) is 5.07. The Balaban J connectivity index is 3.38. The van der Waals surface area contributed by atoms with Crippen LogP contribution in [0.4, 0.5) is 13.2 Å². The van der Waals surface area contributed by atoms with Gasteiger partial charge in [0, 0.05) is 26.0 Å². The zero-order chi connectivity index (χ0) is 14.0. The fourth-order valence-electron chi connectivity index (χ4n) is 1.27. The molecule has 0 N–H and O–H groups in total. The highest BCUT2D eigenvalue weighted by Gasteiger charge is 2.38. The van der Waals surface area contributed by atoms with Crippen LogP contribution in [0.1, 0.15) is 5.56 Å². The molecule has 1 heterocycles. The summed E-state index contributed by atoms with van der Waals surface area (Å²) in [6.45, 7) is 3.25. The number of hydrogen-bond donors (Lipinski definition) is 0. The number of aromatic nitrogens is 1. The predicted octanol–water partition coefficient (Wildman–Crippen LogP) is 1.91. The second-order valence-electron chi connectivity index (χ2n) is 3.44. The molecule has 1 aromatic heterocycles. The summed E-state index contributed by atoms with van der Waals surface area (Å²) in [6.07, 6.45) is -1.88. The quantitative estimate of drug-likeness (QED) is 0.792. The molecule has 100 valence electrons. The number of hydrogen-bond acceptors (Lipinski definition) is 3. The lowest BCUT2D eigenvalue weighted by Crippen LogP contribution is -2.29. The summed E-state index contributed by atoms with van der Waals surface area (Å²) in [5.41, 5.74) is -1.23. The predicted molar refractivity (Wildman–Crippen MR) is 59.3 cm³/mol. The van der Waals surface area contributed by atoms with Crippen LogP contribution in [0.15, 0.2) is 36.0 Å². The number of sulfonamides is 1. The SMILES string of the molecule is C=CCN(C)S(=O)(=O)c1cnccc1C(F)(F)F. The Labute approximate surface area is 103 Å². The fourth-order valence-corrected chi connectivity index (χ4v) is 2.56. The Morgan fingerprint density at radius 2 is 2.11 bits per heavy atom. The monoisotopic (exact) mass is 280 g/mol. The number of pyridine rings is 1. The molecule has 0 saturated carbocycles. The van der Waals surface area contributed by atoms with Crippen molar-refractivity contribution >= 4 is 10.0 Å². The van der Waals surface area contributed by atoms with Gasteiger partial charge >= 0.3 is 6.18 Å². The summed E-state index contributed by atoms with van der Waals surface area (Å²) >= 11 is 0. The Kier molecular flexibility index (Phi) is 4.12. The summed E-state index contributed by atoms with van der Waals surface area (Å²) in [4.78, 5) is 2.58. The molecular formula is C10H11F3N2O2S. The second-order valence-corrected chi connectivity index (χ2v) is 5.46. The van der Waals surface area contributed by atoms with E-state index in [1.165, 1.54) is 13.1 Å². The van der Waals surface area contributed by atoms with E-state index >= 15 is 0 Å². The third kappa shape index (κ3) is 2.88. The van der Waals surface area contributed by atoms with Crippen LogP contribution in [0.5, 0.6) is 0 Å². The van der Waals surface area contributed by atoms with Gasteiger partial charge in [0.1, 0.15) is 4.90 Å². The van der Waals surface area contributed by atoms with Gasteiger partial charge in [-0.15, -0.1) is 6.58 Å². The molecule has 0 aliphatic carbocycles. The standard InChI is InChI=1S/C10H11F3N2O2S/c1-3-6-15(2)18(16,17)9-7-14-5-4-8(9)10(11,12)13/h3-5,7H,1,6H2,2H3. The zero-order valence-electron chi connectivity index (χ0n) is 9.48. The lowest BCUT2D eigenvalue weighted by molar-refractivity contribution is -0.140. The summed E-state index contributed by atoms with van der Waals surface area (Å²) in [7, 11) is -3.06. The molecule has 0 unspecified atom stereocenters. The van der Waals surface area contributed by atoms with E-state index in [-0.39, 0.29) is 6.54 Å². The van der Waals surface area contributed by atoms with Crippen LogP contribution in [0, 0.1) is 0 Å². The van der Waals surface area contributed by atoms with Crippen molar-refractivity contribution in [2.75, 3.05) is 13.6 Å². The molecule has 0 aliphatic heterocycles. The van der Waals surface area contributed by atoms with Crippen LogP contribution in [0.2, 0.25) is 0 Å². The Bertz CT molecular complexity index is 540. The van der Waals surface area contributed by atoms with Gasteiger partial charge < -0.3 is 0 Å². The van der Waals surface area contributed by atoms with Crippen LogP contribution in [0.25, 0.3) is 0 Å². The van der Waals surface area contributed by atoms with Crippen LogP contribution in [-0.4, -0.2) is 31.3 Å². The molecule has 0 spiro atoms. The van der Waals surface area contributed by atoms with E-state index in [9.17, 15) is 21.6 Å². The molecule has 0 bridgehead atoms. The van der Waals surface area contributed by atoms with Gasteiger partial charge in [-0.25, -0.2) is 8.42 Å². The van der Waals surface area contributed by atoms with Crippen molar-refractivity contribution in [1.82, 2.24) is 9.29 Å². The van der Waals surface area contributed by atoms with Crippen molar-refractivity contribution in [3.8, 4) is 0 Å². The number of likely N-dealkylation sites (N-methyl/N-ethyl adjacent to an activating group) is 1. The van der Waals surface area contributed by atoms with E-state index in [1.807, 2.05) is 0 Å². The minimum atomic E-state index is -4.75. The summed E-state index contributed by atoms with van der Waals surface area (Å²) in [5.74, 6) is 0. The summed E-state index contributed by atoms with van der Waals surface area (Å²) in [5, 5.41) is 0. The maximum Gasteiger partial charge on any atom is 0.417 e. The highest BCUT2D eigenvalue weighted by Crippen LogP contribution is 2.34. The minimum absolute atomic E-state index is 0.0888. The molecule has 0 saturated heterocycles. The van der Waals surface area contributed by atoms with Gasteiger partial charge in [0.15, 0.2) is 0 Å². The average molecular weight is 280 g/mol. The van der Waals surface area contributed by atoms with Crippen LogP contribution in [0.3, 0.4) is 0 Å². The van der Waals surface area contributed by atoms with Gasteiger partial charge in [0.25, 0.3) is 0 Å². The molecule has 0 fully saturated rings. The molecular weight excluding hydrogens is 269 g/mol. The smallest absolute Gasteiger partial charge is 0.263 e. The molecule has 8 heteroatoms. The van der Waals surface area contributed by atoms with Crippen LogP contribution in [-0.2, 0) is 16.2 Å². The third-order valence-corrected chi connectivity index (χ3v) is 4.02. The number of alkyl halides is 3. The normalized spacial score (nSPS) is 12.7. The minimum Gasteiger partial charge on any atom is -0.263 e. The molecule has 0 aromatic carbocycles. The largest absolute Gasteiger partial charge is 0.417 e. The van der Waals surface area contributed by atoms with E-state index in [4.69, 9.17) is 0 Å². The average Bonchev–Trinajstić information content (AvgIpc) is 2.28. The van der Waals surface area contributed by atoms with E-state index in [2.05, 4.69) is 11.6 Å². The van der Waals surface area contributed by atoms with Crippen molar-refractivity contribution in [1.29, 1.82) is 0 Å². The molecule has 0 amide bonds. The Morgan fingerprint density at radius 3 is 2.61 bits per heavy atom. The first-order valence-electron chi connectivity index (χ1n) is 4.79. The highest BCUT2D eigenvalue weighted by molar-refractivity contribution is 7.89. The van der Waals surface area contributed by atoms with Crippen LogP contribution >= 0.6 is 0 Å². The molecule has 0 radical (unpaired) electrons. The highest BCUT2D eigenvalue weighted by atomic mass is 32.2. The van der Waals surface area contributed by atoms with Gasteiger partial charge in [-0.2, -0.15) is 17.5 Å². The Morgan fingerprint density at radius 1 is 1.50 bits per heavy atom. The Hall–Kier alpha value is -1.41. The van der Waals surface area contributed by atoms with Gasteiger partial charge in [-0.1, -0.05) is 6.08 Å². The van der Waals surface area contributed by atoms with E-state index in [0.717, 1.165) is 10.5 Å². The first-order chi connectivity index (χ1) is 8.21. The molecule has 4 nitrogen and oxygen atoms in total. The topological polar surface area (TPSA) is 50.3 Å². The van der Waals surface area contributed by atoms with E-state index in [1.54, 1.807) is 0 Å². The molecule has 1 rings (SSSR count). The van der Waals surface area contributed by atoms with Gasteiger partial charge in [0.05, 0.1) is 5.56 Å². The van der Waals surface area contributed by atoms with Gasteiger partial charge in [0.2, 0.25) is 10.0 Å². The van der Waals surface area contributed by atoms with E-state index in [0.29, 0.717) is 12.3 Å². The van der Waals surface area contributed by atoms with Crippen molar-refractivity contribution < 1.29 is 21.6 Å². The van der Waals surface area contributed by atoms with Crippen molar-refractivity contribution in [2.45, 2.75) is 11.1 Å². The molecule has 18 heavy (non-hydrogen) atoms. The maximum absolute atomic E-state index is 12.7. The molecule has 0 aliphatic rings. The number of rotatable bonds is 4. The third-order valence-electron chi connectivity index (χ3n) is 2.16. The summed E-state index contributed by atoms with van der Waals surface area (Å²) in [6, 6.07) is 0.634. The first-order valence-corrected chi connectivity index (χ1v) is 6.23. The number of halogens is 3. The fraction of sp³-hybridized carbons (Fsp3) is 0.300. The lowest BCUT2D eigenvalue weighted by atomic mass is 10.3. The van der Waals surface area contributed by atoms with Crippen LogP contribution < -0.4 is 0 Å².